The van der Waals surface area contributed by atoms with Gasteiger partial charge in [-0.1, -0.05) is 0 Å². The van der Waals surface area contributed by atoms with E-state index in [0.717, 1.165) is 44.7 Å². The highest BCUT2D eigenvalue weighted by Crippen LogP contribution is 2.28. The van der Waals surface area contributed by atoms with Gasteiger partial charge >= 0.3 is 5.97 Å². The van der Waals surface area contributed by atoms with E-state index in [1.807, 2.05) is 0 Å². The first-order valence-electron chi connectivity index (χ1n) is 5.52. The van der Waals surface area contributed by atoms with Gasteiger partial charge in [0, 0.05) is 25.3 Å². The third-order valence-corrected chi connectivity index (χ3v) is 3.23. The molecular weight excluding hydrogens is 194 g/mol. The molecule has 4 heteroatoms. The van der Waals surface area contributed by atoms with Gasteiger partial charge in [0.2, 0.25) is 0 Å². The fourth-order valence-electron chi connectivity index (χ4n) is 2.38. The highest BCUT2D eigenvalue weighted by molar-refractivity contribution is 5.88. The van der Waals surface area contributed by atoms with Crippen LogP contribution in [0.5, 0.6) is 0 Å². The van der Waals surface area contributed by atoms with E-state index in [-0.39, 0.29) is 0 Å². The number of carbonyl (C=O) groups is 1. The number of hydrogen-bond acceptors (Lipinski definition) is 3. The maximum Gasteiger partial charge on any atom is 0.331 e. The summed E-state index contributed by atoms with van der Waals surface area (Å²) in [4.78, 5) is 11.1. The Balaban J connectivity index is 2.17. The van der Waals surface area contributed by atoms with Crippen LogP contribution in [-0.2, 0) is 9.53 Å². The lowest BCUT2D eigenvalue weighted by atomic mass is 9.85. The van der Waals surface area contributed by atoms with Crippen molar-refractivity contribution in [3.8, 4) is 0 Å². The Morgan fingerprint density at radius 1 is 1.40 bits per heavy atom. The molecule has 2 N–H and O–H groups in total. The van der Waals surface area contributed by atoms with Crippen LogP contribution in [0.3, 0.4) is 0 Å². The van der Waals surface area contributed by atoms with Gasteiger partial charge in [-0.2, -0.15) is 0 Å². The second kappa shape index (κ2) is 4.77. The van der Waals surface area contributed by atoms with Crippen LogP contribution < -0.4 is 5.32 Å². The minimum atomic E-state index is -0.738. The summed E-state index contributed by atoms with van der Waals surface area (Å²) in [5, 5.41) is 12.4. The zero-order valence-corrected chi connectivity index (χ0v) is 8.79. The van der Waals surface area contributed by atoms with Crippen molar-refractivity contribution in [2.75, 3.05) is 26.3 Å². The molecule has 0 aromatic heterocycles. The normalized spacial score (nSPS) is 24.3. The molecule has 2 heterocycles. The molecule has 15 heavy (non-hydrogen) atoms. The van der Waals surface area contributed by atoms with Gasteiger partial charge in [-0.3, -0.25) is 0 Å². The van der Waals surface area contributed by atoms with Crippen molar-refractivity contribution >= 4 is 5.97 Å². The van der Waals surface area contributed by atoms with Gasteiger partial charge in [-0.05, 0) is 37.3 Å². The van der Waals surface area contributed by atoms with Gasteiger partial charge in [0.15, 0.2) is 0 Å². The fraction of sp³-hybridized carbons (Fsp3) is 0.727. The molecule has 0 radical (unpaired) electrons. The lowest BCUT2D eigenvalue weighted by Gasteiger charge is -2.29. The standard InChI is InChI=1S/C11H17NO3/c13-11(14)9-1-4-12-7-10(9)8-2-5-15-6-3-8/h8,12H,1-7H2,(H,13,14). The lowest BCUT2D eigenvalue weighted by Crippen LogP contribution is -2.32. The molecule has 0 saturated carbocycles. The van der Waals surface area contributed by atoms with Crippen molar-refractivity contribution in [1.29, 1.82) is 0 Å². The van der Waals surface area contributed by atoms with Gasteiger partial charge in [0.05, 0.1) is 0 Å². The molecule has 0 atom stereocenters. The van der Waals surface area contributed by atoms with Crippen molar-refractivity contribution < 1.29 is 14.6 Å². The Kier molecular flexibility index (Phi) is 3.38. The molecule has 1 fully saturated rings. The van der Waals surface area contributed by atoms with Crippen molar-refractivity contribution in [2.24, 2.45) is 5.92 Å². The van der Waals surface area contributed by atoms with Gasteiger partial charge in [-0.15, -0.1) is 0 Å². The van der Waals surface area contributed by atoms with Gasteiger partial charge in [0.1, 0.15) is 0 Å². The van der Waals surface area contributed by atoms with Crippen molar-refractivity contribution in [3.63, 3.8) is 0 Å². The molecule has 0 spiro atoms. The molecule has 0 aromatic rings. The number of ether oxygens (including phenoxy) is 1. The number of carboxylic acid groups (broad SMARTS) is 1. The van der Waals surface area contributed by atoms with E-state index in [2.05, 4.69) is 5.32 Å². The third kappa shape index (κ3) is 2.38. The predicted octanol–water partition coefficient (Wildman–Crippen LogP) is 0.787. The Morgan fingerprint density at radius 2 is 2.13 bits per heavy atom. The highest BCUT2D eigenvalue weighted by atomic mass is 16.5. The molecular formula is C11H17NO3. The Morgan fingerprint density at radius 3 is 2.80 bits per heavy atom. The molecule has 0 bridgehead atoms. The van der Waals surface area contributed by atoms with E-state index in [4.69, 9.17) is 9.84 Å². The first-order chi connectivity index (χ1) is 7.29. The number of carboxylic acids is 1. The summed E-state index contributed by atoms with van der Waals surface area (Å²) < 4.78 is 5.30. The van der Waals surface area contributed by atoms with Crippen LogP contribution in [0.25, 0.3) is 0 Å². The summed E-state index contributed by atoms with van der Waals surface area (Å²) in [6, 6.07) is 0. The zero-order valence-electron chi connectivity index (χ0n) is 8.79. The second-order valence-corrected chi connectivity index (χ2v) is 4.12. The van der Waals surface area contributed by atoms with Crippen molar-refractivity contribution in [1.82, 2.24) is 5.32 Å². The van der Waals surface area contributed by atoms with E-state index in [9.17, 15) is 4.79 Å². The maximum atomic E-state index is 11.1. The second-order valence-electron chi connectivity index (χ2n) is 4.12. The molecule has 4 nitrogen and oxygen atoms in total. The van der Waals surface area contributed by atoms with Crippen molar-refractivity contribution in [2.45, 2.75) is 19.3 Å². The summed E-state index contributed by atoms with van der Waals surface area (Å²) in [6.45, 7) is 3.06. The Bertz CT molecular complexity index is 280. The molecule has 0 aromatic carbocycles. The molecule has 2 aliphatic rings. The molecule has 0 aliphatic carbocycles. The summed E-state index contributed by atoms with van der Waals surface area (Å²) >= 11 is 0. The SMILES string of the molecule is O=C(O)C1=C(C2CCOCC2)CNCC1. The summed E-state index contributed by atoms with van der Waals surface area (Å²) in [5.41, 5.74) is 1.75. The average Bonchev–Trinajstić information content (AvgIpc) is 2.30. The Labute approximate surface area is 89.3 Å². The first kappa shape index (κ1) is 10.6. The van der Waals surface area contributed by atoms with Crippen LogP contribution in [0, 0.1) is 5.92 Å². The monoisotopic (exact) mass is 211 g/mol. The molecule has 2 aliphatic heterocycles. The van der Waals surface area contributed by atoms with Gasteiger partial charge in [0.25, 0.3) is 0 Å². The van der Waals surface area contributed by atoms with E-state index in [1.165, 1.54) is 0 Å². The first-order valence-corrected chi connectivity index (χ1v) is 5.52. The molecule has 0 amide bonds. The molecule has 0 unspecified atom stereocenters. The zero-order chi connectivity index (χ0) is 10.7. The smallest absolute Gasteiger partial charge is 0.331 e. The minimum Gasteiger partial charge on any atom is -0.478 e. The molecule has 84 valence electrons. The highest BCUT2D eigenvalue weighted by Gasteiger charge is 2.25. The van der Waals surface area contributed by atoms with Crippen LogP contribution in [0.1, 0.15) is 19.3 Å². The van der Waals surface area contributed by atoms with Crippen LogP contribution in [0.15, 0.2) is 11.1 Å². The van der Waals surface area contributed by atoms with E-state index >= 15 is 0 Å². The lowest BCUT2D eigenvalue weighted by molar-refractivity contribution is -0.133. The fourth-order valence-corrected chi connectivity index (χ4v) is 2.38. The summed E-state index contributed by atoms with van der Waals surface area (Å²) in [6.07, 6.45) is 2.59. The third-order valence-electron chi connectivity index (χ3n) is 3.23. The van der Waals surface area contributed by atoms with Crippen LogP contribution in [-0.4, -0.2) is 37.4 Å². The molecule has 2 rings (SSSR count). The van der Waals surface area contributed by atoms with Gasteiger partial charge < -0.3 is 15.2 Å². The van der Waals surface area contributed by atoms with E-state index in [1.54, 1.807) is 0 Å². The topological polar surface area (TPSA) is 58.6 Å². The summed E-state index contributed by atoms with van der Waals surface area (Å²) in [5.74, 6) is -0.323. The Hall–Kier alpha value is -0.870. The number of nitrogens with one attached hydrogen (secondary N) is 1. The predicted molar refractivity (Wildman–Crippen MR) is 55.7 cm³/mol. The van der Waals surface area contributed by atoms with Gasteiger partial charge in [-0.25, -0.2) is 4.79 Å². The maximum absolute atomic E-state index is 11.1. The van der Waals surface area contributed by atoms with Crippen molar-refractivity contribution in [3.05, 3.63) is 11.1 Å². The quantitative estimate of drug-likeness (QED) is 0.709. The average molecular weight is 211 g/mol. The van der Waals surface area contributed by atoms with Crippen LogP contribution in [0.2, 0.25) is 0 Å². The van der Waals surface area contributed by atoms with Crippen LogP contribution in [0.4, 0.5) is 0 Å². The number of aliphatic carboxylic acids is 1. The van der Waals surface area contributed by atoms with Crippen LogP contribution >= 0.6 is 0 Å². The largest absolute Gasteiger partial charge is 0.478 e. The molecule has 1 saturated heterocycles. The van der Waals surface area contributed by atoms with E-state index < -0.39 is 5.97 Å². The number of rotatable bonds is 2. The van der Waals surface area contributed by atoms with E-state index in [0.29, 0.717) is 17.9 Å². The summed E-state index contributed by atoms with van der Waals surface area (Å²) in [7, 11) is 0. The minimum absolute atomic E-state index is 0.414. The number of hydrogen-bond donors (Lipinski definition) is 2.